The lowest BCUT2D eigenvalue weighted by Crippen LogP contribution is -2.23. The summed E-state index contributed by atoms with van der Waals surface area (Å²) in [7, 11) is 3.16. The molecule has 0 spiro atoms. The van der Waals surface area contributed by atoms with Crippen LogP contribution in [-0.4, -0.2) is 31.0 Å². The molecule has 0 aliphatic heterocycles. The van der Waals surface area contributed by atoms with Crippen molar-refractivity contribution in [3.63, 3.8) is 0 Å². The summed E-state index contributed by atoms with van der Waals surface area (Å²) < 4.78 is 10.3. The van der Waals surface area contributed by atoms with Crippen LogP contribution in [0.5, 0.6) is 11.6 Å². The van der Waals surface area contributed by atoms with Crippen LogP contribution in [0, 0.1) is 0 Å². The van der Waals surface area contributed by atoms with Crippen molar-refractivity contribution in [2.45, 2.75) is 13.0 Å². The zero-order valence-electron chi connectivity index (χ0n) is 12.3. The van der Waals surface area contributed by atoms with Gasteiger partial charge in [-0.1, -0.05) is 24.6 Å². The van der Waals surface area contributed by atoms with Gasteiger partial charge in [0.2, 0.25) is 5.88 Å². The van der Waals surface area contributed by atoms with Crippen molar-refractivity contribution in [1.29, 1.82) is 0 Å². The van der Waals surface area contributed by atoms with E-state index in [2.05, 4.69) is 15.5 Å². The summed E-state index contributed by atoms with van der Waals surface area (Å²) >= 11 is 6.07. The van der Waals surface area contributed by atoms with E-state index in [1.807, 2.05) is 31.2 Å². The third-order valence-electron chi connectivity index (χ3n) is 3.08. The minimum atomic E-state index is -0.0837. The third-order valence-corrected chi connectivity index (χ3v) is 3.39. The number of nitrogens with zero attached hydrogens (tertiary/aromatic N) is 2. The summed E-state index contributed by atoms with van der Waals surface area (Å²) in [5, 5.41) is 12.2. The molecule has 0 aliphatic carbocycles. The molecule has 1 atom stereocenters. The molecule has 2 aromatic rings. The lowest BCUT2D eigenvalue weighted by molar-refractivity contribution is 0.390. The second-order valence-electron chi connectivity index (χ2n) is 4.39. The Kier molecular flexibility index (Phi) is 5.36. The quantitative estimate of drug-likeness (QED) is 0.889. The van der Waals surface area contributed by atoms with Crippen LogP contribution in [0.1, 0.15) is 24.2 Å². The van der Waals surface area contributed by atoms with Crippen molar-refractivity contribution in [3.8, 4) is 11.6 Å². The predicted octanol–water partition coefficient (Wildman–Crippen LogP) is 2.85. The highest BCUT2D eigenvalue weighted by Gasteiger charge is 2.17. The van der Waals surface area contributed by atoms with Gasteiger partial charge in [0.25, 0.3) is 0 Å². The first-order valence-electron chi connectivity index (χ1n) is 6.64. The van der Waals surface area contributed by atoms with Gasteiger partial charge in [0.05, 0.1) is 31.0 Å². The Morgan fingerprint density at radius 3 is 2.52 bits per heavy atom. The number of aromatic nitrogens is 2. The fraction of sp³-hybridized carbons (Fsp3) is 0.333. The van der Waals surface area contributed by atoms with Crippen molar-refractivity contribution < 1.29 is 9.47 Å². The Morgan fingerprint density at radius 2 is 1.95 bits per heavy atom. The van der Waals surface area contributed by atoms with Gasteiger partial charge in [-0.05, 0) is 30.3 Å². The van der Waals surface area contributed by atoms with Crippen LogP contribution >= 0.6 is 11.6 Å². The number of benzene rings is 1. The van der Waals surface area contributed by atoms with Gasteiger partial charge in [0, 0.05) is 6.07 Å². The molecule has 1 heterocycles. The van der Waals surface area contributed by atoms with Crippen LogP contribution < -0.4 is 14.8 Å². The van der Waals surface area contributed by atoms with E-state index in [0.717, 1.165) is 17.8 Å². The van der Waals surface area contributed by atoms with Crippen molar-refractivity contribution >= 4 is 11.6 Å². The number of hydrogen-bond acceptors (Lipinski definition) is 5. The Labute approximate surface area is 129 Å². The summed E-state index contributed by atoms with van der Waals surface area (Å²) in [6, 6.07) is 9.27. The zero-order valence-corrected chi connectivity index (χ0v) is 13.0. The van der Waals surface area contributed by atoms with E-state index < -0.39 is 0 Å². The summed E-state index contributed by atoms with van der Waals surface area (Å²) in [6.07, 6.45) is 0. The van der Waals surface area contributed by atoms with Gasteiger partial charge in [-0.25, -0.2) is 0 Å². The van der Waals surface area contributed by atoms with Crippen LogP contribution in [0.2, 0.25) is 5.02 Å². The number of nitrogens with one attached hydrogen (secondary N) is 1. The Morgan fingerprint density at radius 1 is 1.14 bits per heavy atom. The van der Waals surface area contributed by atoms with E-state index in [9.17, 15) is 0 Å². The molecular formula is C15H18ClN3O2. The van der Waals surface area contributed by atoms with Gasteiger partial charge in [0.15, 0.2) is 0 Å². The standard InChI is InChI=1S/C15H18ClN3O2/c1-4-17-15(12-7-8-14(21-3)19-18-12)10-5-6-11(16)13(9-10)20-2/h5-9,15,17H,4H2,1-3H3. The first kappa shape index (κ1) is 15.5. The number of halogens is 1. The second-order valence-corrected chi connectivity index (χ2v) is 4.79. The average molecular weight is 308 g/mol. The van der Waals surface area contributed by atoms with Crippen LogP contribution in [0.15, 0.2) is 30.3 Å². The van der Waals surface area contributed by atoms with Gasteiger partial charge in [-0.15, -0.1) is 10.2 Å². The Hall–Kier alpha value is -1.85. The van der Waals surface area contributed by atoms with Crippen LogP contribution in [0.4, 0.5) is 0 Å². The Balaban J connectivity index is 2.37. The van der Waals surface area contributed by atoms with E-state index in [1.54, 1.807) is 20.3 Å². The molecule has 0 aliphatic rings. The smallest absolute Gasteiger partial charge is 0.233 e. The van der Waals surface area contributed by atoms with Gasteiger partial charge in [-0.3, -0.25) is 0 Å². The SMILES string of the molecule is CCNC(c1ccc(Cl)c(OC)c1)c1ccc(OC)nn1. The van der Waals surface area contributed by atoms with Crippen molar-refractivity contribution in [3.05, 3.63) is 46.6 Å². The molecule has 1 N–H and O–H groups in total. The molecule has 0 fully saturated rings. The fourth-order valence-corrected chi connectivity index (χ4v) is 2.24. The molecule has 0 bridgehead atoms. The molecule has 1 aromatic heterocycles. The molecule has 0 saturated carbocycles. The third kappa shape index (κ3) is 3.62. The van der Waals surface area contributed by atoms with Gasteiger partial charge >= 0.3 is 0 Å². The topological polar surface area (TPSA) is 56.3 Å². The van der Waals surface area contributed by atoms with Gasteiger partial charge < -0.3 is 14.8 Å². The van der Waals surface area contributed by atoms with Crippen molar-refractivity contribution in [2.24, 2.45) is 0 Å². The van der Waals surface area contributed by atoms with Crippen LogP contribution in [0.25, 0.3) is 0 Å². The molecule has 0 saturated heterocycles. The average Bonchev–Trinajstić information content (AvgIpc) is 2.53. The molecular weight excluding hydrogens is 290 g/mol. The monoisotopic (exact) mass is 307 g/mol. The number of methoxy groups -OCH3 is 2. The molecule has 1 aromatic carbocycles. The van der Waals surface area contributed by atoms with Crippen molar-refractivity contribution in [1.82, 2.24) is 15.5 Å². The molecule has 1 unspecified atom stereocenters. The first-order valence-corrected chi connectivity index (χ1v) is 7.01. The highest BCUT2D eigenvalue weighted by Crippen LogP contribution is 2.30. The Bertz CT molecular complexity index is 590. The highest BCUT2D eigenvalue weighted by atomic mass is 35.5. The summed E-state index contributed by atoms with van der Waals surface area (Å²) in [6.45, 7) is 2.83. The van der Waals surface area contributed by atoms with Crippen molar-refractivity contribution in [2.75, 3.05) is 20.8 Å². The largest absolute Gasteiger partial charge is 0.495 e. The second kappa shape index (κ2) is 7.24. The molecule has 112 valence electrons. The van der Waals surface area contributed by atoms with E-state index >= 15 is 0 Å². The summed E-state index contributed by atoms with van der Waals surface area (Å²) in [4.78, 5) is 0. The number of hydrogen-bond donors (Lipinski definition) is 1. The van der Waals surface area contributed by atoms with Gasteiger partial charge in [-0.2, -0.15) is 0 Å². The van der Waals surface area contributed by atoms with Crippen LogP contribution in [-0.2, 0) is 0 Å². The lowest BCUT2D eigenvalue weighted by Gasteiger charge is -2.18. The maximum atomic E-state index is 6.07. The highest BCUT2D eigenvalue weighted by molar-refractivity contribution is 6.32. The lowest BCUT2D eigenvalue weighted by atomic mass is 10.0. The first-order chi connectivity index (χ1) is 10.2. The minimum Gasteiger partial charge on any atom is -0.495 e. The normalized spacial score (nSPS) is 12.0. The van der Waals surface area contributed by atoms with E-state index in [4.69, 9.17) is 21.1 Å². The molecule has 0 radical (unpaired) electrons. The summed E-state index contributed by atoms with van der Waals surface area (Å²) in [5.41, 5.74) is 1.82. The van der Waals surface area contributed by atoms with E-state index in [0.29, 0.717) is 16.7 Å². The maximum absolute atomic E-state index is 6.07. The number of rotatable bonds is 6. The summed E-state index contributed by atoms with van der Waals surface area (Å²) in [5.74, 6) is 1.13. The zero-order chi connectivity index (χ0) is 15.2. The molecule has 2 rings (SSSR count). The fourth-order valence-electron chi connectivity index (χ4n) is 2.05. The van der Waals surface area contributed by atoms with Gasteiger partial charge in [0.1, 0.15) is 5.75 Å². The predicted molar refractivity (Wildman–Crippen MR) is 82.1 cm³/mol. The molecule has 5 nitrogen and oxygen atoms in total. The molecule has 21 heavy (non-hydrogen) atoms. The molecule has 0 amide bonds. The van der Waals surface area contributed by atoms with Crippen LogP contribution in [0.3, 0.4) is 0 Å². The van der Waals surface area contributed by atoms with E-state index in [1.165, 1.54) is 0 Å². The van der Waals surface area contributed by atoms with E-state index in [-0.39, 0.29) is 6.04 Å². The molecule has 6 heteroatoms. The number of ether oxygens (including phenoxy) is 2. The maximum Gasteiger partial charge on any atom is 0.233 e. The minimum absolute atomic E-state index is 0.0837.